The van der Waals surface area contributed by atoms with Crippen LogP contribution in [-0.2, 0) is 24.1 Å². The molecule has 0 radical (unpaired) electrons. The lowest BCUT2D eigenvalue weighted by molar-refractivity contribution is -0.267. The van der Waals surface area contributed by atoms with E-state index < -0.39 is 11.9 Å². The fraction of sp³-hybridized carbons (Fsp3) is 0.500. The van der Waals surface area contributed by atoms with Gasteiger partial charge in [0.25, 0.3) is 0 Å². The van der Waals surface area contributed by atoms with Gasteiger partial charge in [-0.15, -0.1) is 0 Å². The minimum Gasteiger partial charge on any atom is -0.463 e. The van der Waals surface area contributed by atoms with E-state index in [2.05, 4.69) is 9.78 Å². The maximum atomic E-state index is 10.8. The summed E-state index contributed by atoms with van der Waals surface area (Å²) in [5.41, 5.74) is 0. The summed E-state index contributed by atoms with van der Waals surface area (Å²) in [5, 5.41) is 0. The highest BCUT2D eigenvalue weighted by molar-refractivity contribution is 5.91. The highest BCUT2D eigenvalue weighted by Gasteiger charge is 2.03. The average Bonchev–Trinajstić information content (AvgIpc) is 2.15. The van der Waals surface area contributed by atoms with Crippen LogP contribution in [-0.4, -0.2) is 25.2 Å². The maximum Gasteiger partial charge on any atom is 0.366 e. The first-order chi connectivity index (χ1) is 6.29. The van der Waals surface area contributed by atoms with Gasteiger partial charge in [-0.2, -0.15) is 4.89 Å². The minimum atomic E-state index is -0.709. The number of ether oxygens (including phenoxy) is 1. The van der Waals surface area contributed by atoms with Crippen LogP contribution in [0.15, 0.2) is 12.2 Å². The van der Waals surface area contributed by atoms with Gasteiger partial charge >= 0.3 is 11.9 Å². The second-order valence-electron chi connectivity index (χ2n) is 2.43. The first-order valence-electron chi connectivity index (χ1n) is 3.97. The molecule has 0 unspecified atom stereocenters. The number of cyclic esters (lactones) is 1. The number of hydrogen-bond donors (Lipinski definition) is 0. The maximum absolute atomic E-state index is 10.8. The van der Waals surface area contributed by atoms with Gasteiger partial charge in [-0.25, -0.2) is 9.59 Å². The molecule has 0 fully saturated rings. The lowest BCUT2D eigenvalue weighted by Gasteiger charge is -2.00. The molecule has 1 aliphatic rings. The fourth-order valence-corrected chi connectivity index (χ4v) is 0.748. The van der Waals surface area contributed by atoms with Crippen LogP contribution in [0.5, 0.6) is 0 Å². The van der Waals surface area contributed by atoms with E-state index in [1.165, 1.54) is 0 Å². The average molecular weight is 186 g/mol. The molecule has 0 aliphatic carbocycles. The van der Waals surface area contributed by atoms with Crippen molar-refractivity contribution in [3.8, 4) is 0 Å². The molecule has 5 heteroatoms. The normalized spacial score (nSPS) is 22.5. The molecule has 1 rings (SSSR count). The zero-order chi connectivity index (χ0) is 9.52. The number of carbonyl (C=O) groups is 2. The Morgan fingerprint density at radius 1 is 1.00 bits per heavy atom. The molecule has 72 valence electrons. The van der Waals surface area contributed by atoms with Gasteiger partial charge in [0, 0.05) is 12.2 Å². The summed E-state index contributed by atoms with van der Waals surface area (Å²) in [6, 6.07) is 0. The smallest absolute Gasteiger partial charge is 0.366 e. The molecule has 0 bridgehead atoms. The third-order valence-electron chi connectivity index (χ3n) is 1.36. The highest BCUT2D eigenvalue weighted by atomic mass is 17.2. The summed E-state index contributed by atoms with van der Waals surface area (Å²) in [5.74, 6) is -1.25. The Morgan fingerprint density at radius 3 is 2.54 bits per heavy atom. The third-order valence-corrected chi connectivity index (χ3v) is 1.36. The largest absolute Gasteiger partial charge is 0.463 e. The van der Waals surface area contributed by atoms with Gasteiger partial charge in [-0.3, -0.25) is 4.89 Å². The van der Waals surface area contributed by atoms with Crippen molar-refractivity contribution in [3.05, 3.63) is 12.2 Å². The standard InChI is InChI=1S/C8H10O5/c9-7-3-4-8(10)13-12-6-2-1-5-11-7/h3-4H,1-2,5-6H2/b4-3+. The van der Waals surface area contributed by atoms with Crippen molar-refractivity contribution in [1.29, 1.82) is 0 Å². The number of carbonyl (C=O) groups excluding carboxylic acids is 2. The summed E-state index contributed by atoms with van der Waals surface area (Å²) >= 11 is 0. The Hall–Kier alpha value is -1.36. The predicted octanol–water partition coefficient (Wildman–Crippen LogP) is 0.354. The van der Waals surface area contributed by atoms with E-state index in [1.807, 2.05) is 0 Å². The van der Waals surface area contributed by atoms with E-state index in [0.717, 1.165) is 12.2 Å². The lowest BCUT2D eigenvalue weighted by atomic mass is 10.3. The predicted molar refractivity (Wildman–Crippen MR) is 41.4 cm³/mol. The Kier molecular flexibility index (Phi) is 3.98. The molecule has 0 aromatic carbocycles. The SMILES string of the molecule is O=C1/C=C/C(=O)OOCCCCO1. The van der Waals surface area contributed by atoms with Crippen molar-refractivity contribution >= 4 is 11.9 Å². The van der Waals surface area contributed by atoms with Crippen molar-refractivity contribution in [1.82, 2.24) is 0 Å². The van der Waals surface area contributed by atoms with E-state index in [-0.39, 0.29) is 0 Å². The first-order valence-corrected chi connectivity index (χ1v) is 3.97. The van der Waals surface area contributed by atoms with Crippen LogP contribution in [0.3, 0.4) is 0 Å². The Balaban J connectivity index is 2.46. The van der Waals surface area contributed by atoms with Gasteiger partial charge in [0.15, 0.2) is 0 Å². The van der Waals surface area contributed by atoms with Crippen LogP contribution in [0.1, 0.15) is 12.8 Å². The second-order valence-corrected chi connectivity index (χ2v) is 2.43. The molecule has 0 aromatic heterocycles. The summed E-state index contributed by atoms with van der Waals surface area (Å²) in [6.45, 7) is 0.651. The van der Waals surface area contributed by atoms with Crippen molar-refractivity contribution in [2.45, 2.75) is 12.8 Å². The fourth-order valence-electron chi connectivity index (χ4n) is 0.748. The van der Waals surface area contributed by atoms with Gasteiger partial charge < -0.3 is 4.74 Å². The number of rotatable bonds is 0. The van der Waals surface area contributed by atoms with Gasteiger partial charge in [0.05, 0.1) is 13.2 Å². The molecule has 0 aromatic rings. The minimum absolute atomic E-state index is 0.317. The molecule has 0 saturated carbocycles. The van der Waals surface area contributed by atoms with E-state index in [1.54, 1.807) is 0 Å². The molecule has 0 saturated heterocycles. The number of hydrogen-bond acceptors (Lipinski definition) is 5. The van der Waals surface area contributed by atoms with E-state index >= 15 is 0 Å². The quantitative estimate of drug-likeness (QED) is 0.403. The van der Waals surface area contributed by atoms with E-state index in [0.29, 0.717) is 26.1 Å². The van der Waals surface area contributed by atoms with Crippen LogP contribution in [0, 0.1) is 0 Å². The summed E-state index contributed by atoms with van der Waals surface area (Å²) < 4.78 is 4.73. The Morgan fingerprint density at radius 2 is 1.69 bits per heavy atom. The van der Waals surface area contributed by atoms with Crippen molar-refractivity contribution in [3.63, 3.8) is 0 Å². The lowest BCUT2D eigenvalue weighted by Crippen LogP contribution is -2.03. The van der Waals surface area contributed by atoms with E-state index in [9.17, 15) is 9.59 Å². The van der Waals surface area contributed by atoms with Gasteiger partial charge in [-0.05, 0) is 12.8 Å². The Labute approximate surface area is 75.2 Å². The molecule has 1 aliphatic heterocycles. The molecule has 0 amide bonds. The molecule has 13 heavy (non-hydrogen) atoms. The molecular formula is C8H10O5. The van der Waals surface area contributed by atoms with Crippen LogP contribution >= 0.6 is 0 Å². The van der Waals surface area contributed by atoms with Crippen molar-refractivity contribution in [2.75, 3.05) is 13.2 Å². The Bertz CT molecular complexity index is 199. The topological polar surface area (TPSA) is 61.8 Å². The van der Waals surface area contributed by atoms with Crippen LogP contribution < -0.4 is 0 Å². The van der Waals surface area contributed by atoms with Crippen molar-refractivity contribution in [2.24, 2.45) is 0 Å². The molecule has 5 nitrogen and oxygen atoms in total. The molecular weight excluding hydrogens is 176 g/mol. The van der Waals surface area contributed by atoms with E-state index in [4.69, 9.17) is 4.74 Å². The zero-order valence-corrected chi connectivity index (χ0v) is 7.02. The third kappa shape index (κ3) is 4.27. The summed E-state index contributed by atoms with van der Waals surface area (Å²) in [6.07, 6.45) is 3.35. The van der Waals surface area contributed by atoms with Crippen LogP contribution in [0.4, 0.5) is 0 Å². The van der Waals surface area contributed by atoms with Gasteiger partial charge in [-0.1, -0.05) is 0 Å². The molecule has 0 atom stereocenters. The second kappa shape index (κ2) is 5.31. The van der Waals surface area contributed by atoms with Crippen molar-refractivity contribution < 1.29 is 24.1 Å². The summed E-state index contributed by atoms with van der Waals surface area (Å²) in [7, 11) is 0. The first kappa shape index (κ1) is 9.73. The van der Waals surface area contributed by atoms with Crippen LogP contribution in [0.25, 0.3) is 0 Å². The monoisotopic (exact) mass is 186 g/mol. The zero-order valence-electron chi connectivity index (χ0n) is 7.02. The summed E-state index contributed by atoms with van der Waals surface area (Å²) in [4.78, 5) is 30.4. The number of esters is 1. The molecule has 0 N–H and O–H groups in total. The molecule has 1 heterocycles. The molecule has 0 spiro atoms. The van der Waals surface area contributed by atoms with Gasteiger partial charge in [0.1, 0.15) is 0 Å². The highest BCUT2D eigenvalue weighted by Crippen LogP contribution is 1.96. The van der Waals surface area contributed by atoms with Gasteiger partial charge in [0.2, 0.25) is 0 Å². The van der Waals surface area contributed by atoms with Crippen LogP contribution in [0.2, 0.25) is 0 Å².